The van der Waals surface area contributed by atoms with Crippen LogP contribution in [0.3, 0.4) is 0 Å². The molecule has 7 N–H and O–H groups in total. The summed E-state index contributed by atoms with van der Waals surface area (Å²) in [6.07, 6.45) is -2.16. The minimum absolute atomic E-state index is 0.101. The Morgan fingerprint density at radius 1 is 1.44 bits per heavy atom. The number of amides is 1. The lowest BCUT2D eigenvalue weighted by atomic mass is 10.1. The van der Waals surface area contributed by atoms with E-state index in [1.807, 2.05) is 0 Å². The Balaban J connectivity index is 3.85. The van der Waals surface area contributed by atoms with E-state index in [9.17, 15) is 13.6 Å². The van der Waals surface area contributed by atoms with E-state index >= 15 is 0 Å². The van der Waals surface area contributed by atoms with Crippen molar-refractivity contribution in [3.8, 4) is 0 Å². The smallest absolute Gasteiger partial charge is 0.258 e. The molecule has 0 radical (unpaired) electrons. The number of halogens is 2. The van der Waals surface area contributed by atoms with Crippen LogP contribution >= 0.6 is 0 Å². The van der Waals surface area contributed by atoms with Gasteiger partial charge in [0.25, 0.3) is 6.43 Å². The Morgan fingerprint density at radius 2 is 2.06 bits per heavy atom. The van der Waals surface area contributed by atoms with Crippen LogP contribution in [0.1, 0.15) is 12.8 Å². The Bertz CT molecular complexity index is 236. The first-order valence-corrected chi connectivity index (χ1v) is 4.82. The molecule has 94 valence electrons. The van der Waals surface area contributed by atoms with E-state index in [0.717, 1.165) is 0 Å². The van der Waals surface area contributed by atoms with Crippen molar-refractivity contribution < 1.29 is 13.6 Å². The van der Waals surface area contributed by atoms with E-state index in [1.54, 1.807) is 0 Å². The maximum atomic E-state index is 12.4. The van der Waals surface area contributed by atoms with Gasteiger partial charge < -0.3 is 22.1 Å². The van der Waals surface area contributed by atoms with Gasteiger partial charge in [-0.25, -0.2) is 8.78 Å². The summed E-state index contributed by atoms with van der Waals surface area (Å²) in [5.74, 6) is -0.815. The van der Waals surface area contributed by atoms with Crippen LogP contribution in [0.4, 0.5) is 8.78 Å². The molecule has 0 aliphatic rings. The summed E-state index contributed by atoms with van der Waals surface area (Å²) in [5.41, 5.74) is 10.0. The van der Waals surface area contributed by atoms with E-state index in [0.29, 0.717) is 13.0 Å². The summed E-state index contributed by atoms with van der Waals surface area (Å²) in [6.45, 7) is 0.00592. The van der Waals surface area contributed by atoms with Crippen LogP contribution < -0.4 is 22.1 Å². The second kappa shape index (κ2) is 7.80. The third kappa shape index (κ3) is 6.93. The highest BCUT2D eigenvalue weighted by Crippen LogP contribution is 2.07. The number of carbonyl (C=O) groups is 1. The lowest BCUT2D eigenvalue weighted by Gasteiger charge is -2.17. The Kier molecular flexibility index (Phi) is 7.10. The van der Waals surface area contributed by atoms with E-state index < -0.39 is 18.4 Å². The third-order valence-electron chi connectivity index (χ3n) is 1.84. The van der Waals surface area contributed by atoms with Crippen molar-refractivity contribution in [1.82, 2.24) is 10.6 Å². The highest BCUT2D eigenvalue weighted by Gasteiger charge is 2.21. The maximum absolute atomic E-state index is 12.4. The molecule has 0 aromatic heterocycles. The molecule has 0 saturated carbocycles. The molecule has 0 aliphatic carbocycles. The van der Waals surface area contributed by atoms with Gasteiger partial charge in [0.2, 0.25) is 5.91 Å². The number of hydrogen-bond acceptors (Lipinski definition) is 3. The minimum atomic E-state index is -2.63. The lowest BCUT2D eigenvalue weighted by Crippen LogP contribution is -2.43. The van der Waals surface area contributed by atoms with Crippen LogP contribution in [0.15, 0.2) is 0 Å². The van der Waals surface area contributed by atoms with Crippen molar-refractivity contribution in [2.75, 3.05) is 13.1 Å². The monoisotopic (exact) mass is 237 g/mol. The van der Waals surface area contributed by atoms with Gasteiger partial charge in [0.15, 0.2) is 5.96 Å². The molecule has 0 aromatic carbocycles. The Morgan fingerprint density at radius 3 is 2.50 bits per heavy atom. The fourth-order valence-electron chi connectivity index (χ4n) is 1.07. The van der Waals surface area contributed by atoms with Gasteiger partial charge in [-0.05, 0) is 12.8 Å². The van der Waals surface area contributed by atoms with Crippen molar-refractivity contribution in [1.29, 1.82) is 5.41 Å². The topological polar surface area (TPSA) is 117 Å². The Hall–Kier alpha value is -1.44. The first kappa shape index (κ1) is 14.6. The van der Waals surface area contributed by atoms with Crippen molar-refractivity contribution >= 4 is 11.9 Å². The van der Waals surface area contributed by atoms with Crippen LogP contribution in [-0.2, 0) is 4.79 Å². The fourth-order valence-corrected chi connectivity index (χ4v) is 1.07. The number of alkyl halides is 2. The highest BCUT2D eigenvalue weighted by atomic mass is 19.3. The van der Waals surface area contributed by atoms with Gasteiger partial charge in [-0.1, -0.05) is 0 Å². The van der Waals surface area contributed by atoms with Gasteiger partial charge in [0.05, 0.1) is 12.6 Å². The summed E-state index contributed by atoms with van der Waals surface area (Å²) >= 11 is 0. The lowest BCUT2D eigenvalue weighted by molar-refractivity contribution is -0.121. The molecule has 0 heterocycles. The molecule has 0 saturated heterocycles. The van der Waals surface area contributed by atoms with E-state index in [4.69, 9.17) is 16.9 Å². The predicted octanol–water partition coefficient (Wildman–Crippen LogP) is -1.04. The molecule has 6 nitrogen and oxygen atoms in total. The molecule has 1 unspecified atom stereocenters. The predicted molar refractivity (Wildman–Crippen MR) is 56.1 cm³/mol. The van der Waals surface area contributed by atoms with Crippen LogP contribution in [0, 0.1) is 5.41 Å². The maximum Gasteiger partial charge on any atom is 0.258 e. The van der Waals surface area contributed by atoms with Crippen molar-refractivity contribution in [3.05, 3.63) is 0 Å². The van der Waals surface area contributed by atoms with Gasteiger partial charge in [0.1, 0.15) is 0 Å². The van der Waals surface area contributed by atoms with Gasteiger partial charge in [-0.15, -0.1) is 0 Å². The zero-order valence-electron chi connectivity index (χ0n) is 8.80. The second-order valence-electron chi connectivity index (χ2n) is 3.20. The zero-order chi connectivity index (χ0) is 12.6. The van der Waals surface area contributed by atoms with Crippen molar-refractivity contribution in [2.45, 2.75) is 25.3 Å². The molecule has 1 atom stereocenters. The van der Waals surface area contributed by atoms with E-state index in [-0.39, 0.29) is 18.9 Å². The standard InChI is InChI=1S/C8H17F2N5O/c9-7(10)5(15-6(16)4-11)2-1-3-14-8(12)13/h5,7H,1-4,11H2,(H,15,16)(H4,12,13,14). The molecule has 0 fully saturated rings. The van der Waals surface area contributed by atoms with Crippen molar-refractivity contribution in [2.24, 2.45) is 11.5 Å². The molecule has 1 amide bonds. The fraction of sp³-hybridized carbons (Fsp3) is 0.750. The summed E-state index contributed by atoms with van der Waals surface area (Å²) < 4.78 is 24.9. The zero-order valence-corrected chi connectivity index (χ0v) is 8.80. The number of rotatable bonds is 7. The molecule has 0 bridgehead atoms. The molecule has 8 heteroatoms. The molecule has 0 aliphatic heterocycles. The van der Waals surface area contributed by atoms with E-state index in [1.165, 1.54) is 0 Å². The summed E-state index contributed by atoms with van der Waals surface area (Å²) in [4.78, 5) is 10.8. The number of carbonyl (C=O) groups excluding carboxylic acids is 1. The first-order valence-electron chi connectivity index (χ1n) is 4.82. The molecular formula is C8H17F2N5O. The first-order chi connectivity index (χ1) is 7.47. The Labute approximate surface area is 92.3 Å². The number of nitrogens with two attached hydrogens (primary N) is 2. The van der Waals surface area contributed by atoms with Gasteiger partial charge in [-0.3, -0.25) is 10.2 Å². The SMILES string of the molecule is N=C(N)NCCCC(NC(=O)CN)C(F)F. The average Bonchev–Trinajstić information content (AvgIpc) is 2.21. The minimum Gasteiger partial charge on any atom is -0.370 e. The van der Waals surface area contributed by atoms with Crippen LogP contribution in [0.25, 0.3) is 0 Å². The molecule has 16 heavy (non-hydrogen) atoms. The number of hydrogen-bond donors (Lipinski definition) is 5. The van der Waals surface area contributed by atoms with E-state index in [2.05, 4.69) is 10.6 Å². The largest absolute Gasteiger partial charge is 0.370 e. The molecule has 0 rings (SSSR count). The quantitative estimate of drug-likeness (QED) is 0.221. The molecule has 0 aromatic rings. The summed E-state index contributed by atoms with van der Waals surface area (Å²) in [6, 6.07) is -1.20. The second-order valence-corrected chi connectivity index (χ2v) is 3.20. The molecular weight excluding hydrogens is 220 g/mol. The summed E-state index contributed by atoms with van der Waals surface area (Å²) in [7, 11) is 0. The van der Waals surface area contributed by atoms with Gasteiger partial charge in [-0.2, -0.15) is 0 Å². The van der Waals surface area contributed by atoms with Crippen LogP contribution in [-0.4, -0.2) is 37.4 Å². The summed E-state index contributed by atoms with van der Waals surface area (Å²) in [5, 5.41) is 11.5. The van der Waals surface area contributed by atoms with Gasteiger partial charge >= 0.3 is 0 Å². The van der Waals surface area contributed by atoms with Crippen LogP contribution in [0.5, 0.6) is 0 Å². The van der Waals surface area contributed by atoms with Gasteiger partial charge in [0, 0.05) is 6.54 Å². The van der Waals surface area contributed by atoms with Crippen molar-refractivity contribution in [3.63, 3.8) is 0 Å². The average molecular weight is 237 g/mol. The third-order valence-corrected chi connectivity index (χ3v) is 1.84. The number of guanidine groups is 1. The number of nitrogens with one attached hydrogen (secondary N) is 3. The highest BCUT2D eigenvalue weighted by molar-refractivity contribution is 5.78. The molecule has 0 spiro atoms. The normalized spacial score (nSPS) is 12.2. The van der Waals surface area contributed by atoms with Crippen LogP contribution in [0.2, 0.25) is 0 Å².